The van der Waals surface area contributed by atoms with Crippen LogP contribution in [0.4, 0.5) is 0 Å². The number of nitrogens with zero attached hydrogens (tertiary/aromatic N) is 1. The van der Waals surface area contributed by atoms with Crippen LogP contribution < -0.4 is 5.32 Å². The lowest BCUT2D eigenvalue weighted by atomic mass is 10.2. The van der Waals surface area contributed by atoms with Crippen molar-refractivity contribution in [3.05, 3.63) is 33.8 Å². The molecule has 0 aromatic heterocycles. The second-order valence-corrected chi connectivity index (χ2v) is 6.85. The molecule has 0 aliphatic rings. The average molecular weight is 345 g/mol. The normalized spacial score (nSPS) is 12.8. The highest BCUT2D eigenvalue weighted by Crippen LogP contribution is 2.22. The summed E-state index contributed by atoms with van der Waals surface area (Å²) in [4.78, 5) is 2.58. The van der Waals surface area contributed by atoms with Crippen LogP contribution in [-0.4, -0.2) is 30.6 Å². The van der Waals surface area contributed by atoms with Gasteiger partial charge in [-0.3, -0.25) is 0 Å². The van der Waals surface area contributed by atoms with E-state index in [0.29, 0.717) is 16.1 Å². The first-order chi connectivity index (χ1) is 10.6. The minimum atomic E-state index is 0.461. The minimum Gasteiger partial charge on any atom is -0.309 e. The zero-order valence-corrected chi connectivity index (χ0v) is 15.7. The predicted molar refractivity (Wildman–Crippen MR) is 99.0 cm³/mol. The Hall–Kier alpha value is -0.280. The number of hydrogen-bond donors (Lipinski definition) is 1. The maximum absolute atomic E-state index is 6.06. The van der Waals surface area contributed by atoms with Gasteiger partial charge in [0.2, 0.25) is 0 Å². The summed E-state index contributed by atoms with van der Waals surface area (Å²) in [6, 6.07) is 6.29. The zero-order chi connectivity index (χ0) is 16.4. The Kier molecular flexibility index (Phi) is 10.1. The maximum atomic E-state index is 6.06. The molecule has 0 fully saturated rings. The highest BCUT2D eigenvalue weighted by molar-refractivity contribution is 6.42. The molecule has 0 bridgehead atoms. The molecule has 0 saturated carbocycles. The van der Waals surface area contributed by atoms with E-state index in [-0.39, 0.29) is 0 Å². The molecule has 1 aromatic carbocycles. The second-order valence-electron chi connectivity index (χ2n) is 6.04. The third kappa shape index (κ3) is 7.82. The van der Waals surface area contributed by atoms with Gasteiger partial charge in [-0.25, -0.2) is 0 Å². The van der Waals surface area contributed by atoms with Crippen LogP contribution in [0.5, 0.6) is 0 Å². The number of benzene rings is 1. The fourth-order valence-electron chi connectivity index (χ4n) is 2.45. The third-order valence-corrected chi connectivity index (χ3v) is 4.57. The summed E-state index contributed by atoms with van der Waals surface area (Å²) in [5, 5.41) is 4.83. The zero-order valence-electron chi connectivity index (χ0n) is 14.2. The molecule has 1 aromatic rings. The van der Waals surface area contributed by atoms with Gasteiger partial charge in [-0.05, 0) is 50.6 Å². The quantitative estimate of drug-likeness (QED) is 0.580. The van der Waals surface area contributed by atoms with Crippen molar-refractivity contribution in [3.8, 4) is 0 Å². The van der Waals surface area contributed by atoms with E-state index in [1.165, 1.54) is 44.3 Å². The van der Waals surface area contributed by atoms with E-state index >= 15 is 0 Å². The molecule has 0 aliphatic carbocycles. The second kappa shape index (κ2) is 11.3. The first-order valence-electron chi connectivity index (χ1n) is 8.46. The van der Waals surface area contributed by atoms with Crippen LogP contribution in [0, 0.1) is 0 Å². The van der Waals surface area contributed by atoms with E-state index in [2.05, 4.69) is 31.0 Å². The Labute approximate surface area is 146 Å². The molecule has 4 heteroatoms. The van der Waals surface area contributed by atoms with Gasteiger partial charge in [0.15, 0.2) is 0 Å². The number of unbranched alkanes of at least 4 members (excludes halogenated alkanes) is 2. The first-order valence-corrected chi connectivity index (χ1v) is 9.22. The molecule has 22 heavy (non-hydrogen) atoms. The van der Waals surface area contributed by atoms with Crippen LogP contribution >= 0.6 is 23.2 Å². The summed E-state index contributed by atoms with van der Waals surface area (Å²) in [5.41, 5.74) is 1.18. The molecule has 2 nitrogen and oxygen atoms in total. The van der Waals surface area contributed by atoms with Gasteiger partial charge in [0.05, 0.1) is 10.0 Å². The van der Waals surface area contributed by atoms with Crippen LogP contribution in [-0.2, 0) is 6.54 Å². The lowest BCUT2D eigenvalue weighted by Crippen LogP contribution is -2.39. The molecular formula is C18H30Cl2N2. The van der Waals surface area contributed by atoms with Gasteiger partial charge in [-0.1, -0.05) is 56.0 Å². The van der Waals surface area contributed by atoms with Crippen molar-refractivity contribution in [1.29, 1.82) is 0 Å². The number of nitrogens with one attached hydrogen (secondary N) is 1. The smallest absolute Gasteiger partial charge is 0.0595 e. The molecule has 0 heterocycles. The monoisotopic (exact) mass is 344 g/mol. The molecule has 0 saturated heterocycles. The fourth-order valence-corrected chi connectivity index (χ4v) is 2.77. The van der Waals surface area contributed by atoms with Gasteiger partial charge in [-0.15, -0.1) is 0 Å². The van der Waals surface area contributed by atoms with Crippen molar-refractivity contribution in [2.24, 2.45) is 0 Å². The van der Waals surface area contributed by atoms with E-state index in [0.717, 1.165) is 13.1 Å². The van der Waals surface area contributed by atoms with Crippen LogP contribution in [0.25, 0.3) is 0 Å². The van der Waals surface area contributed by atoms with Crippen LogP contribution in [0.2, 0.25) is 10.0 Å². The molecule has 0 radical (unpaired) electrons. The topological polar surface area (TPSA) is 15.3 Å². The molecule has 1 atom stereocenters. The van der Waals surface area contributed by atoms with E-state index in [1.54, 1.807) is 0 Å². The lowest BCUT2D eigenvalue weighted by molar-refractivity contribution is 0.239. The summed E-state index contributed by atoms with van der Waals surface area (Å²) in [6.07, 6.45) is 5.08. The Balaban J connectivity index is 2.41. The van der Waals surface area contributed by atoms with Crippen molar-refractivity contribution in [3.63, 3.8) is 0 Å². The molecule has 0 spiro atoms. The number of halogens is 2. The third-order valence-electron chi connectivity index (χ3n) is 3.83. The van der Waals surface area contributed by atoms with Crippen molar-refractivity contribution in [2.45, 2.75) is 59.0 Å². The standard InChI is InChI=1S/C18H30Cl2N2/c1-4-6-10-22(11-7-5-2)14-15(3)21-13-16-8-9-17(19)18(20)12-16/h8-9,12,15,21H,4-7,10-11,13-14H2,1-3H3. The van der Waals surface area contributed by atoms with E-state index in [9.17, 15) is 0 Å². The molecule has 1 unspecified atom stereocenters. The minimum absolute atomic E-state index is 0.461. The highest BCUT2D eigenvalue weighted by Gasteiger charge is 2.09. The van der Waals surface area contributed by atoms with E-state index in [1.807, 2.05) is 18.2 Å². The predicted octanol–water partition coefficient (Wildman–Crippen LogP) is 5.37. The highest BCUT2D eigenvalue weighted by atomic mass is 35.5. The maximum Gasteiger partial charge on any atom is 0.0595 e. The fraction of sp³-hybridized carbons (Fsp3) is 0.667. The molecular weight excluding hydrogens is 315 g/mol. The van der Waals surface area contributed by atoms with Crippen LogP contribution in [0.15, 0.2) is 18.2 Å². The molecule has 0 amide bonds. The van der Waals surface area contributed by atoms with Gasteiger partial charge in [0.25, 0.3) is 0 Å². The summed E-state index contributed by atoms with van der Waals surface area (Å²) < 4.78 is 0. The molecule has 1 N–H and O–H groups in total. The van der Waals surface area contributed by atoms with Crippen molar-refractivity contribution >= 4 is 23.2 Å². The Morgan fingerprint density at radius 2 is 1.68 bits per heavy atom. The summed E-state index contributed by atoms with van der Waals surface area (Å²) in [7, 11) is 0. The largest absolute Gasteiger partial charge is 0.309 e. The molecule has 0 aliphatic heterocycles. The van der Waals surface area contributed by atoms with Gasteiger partial charge in [0, 0.05) is 19.1 Å². The van der Waals surface area contributed by atoms with E-state index < -0.39 is 0 Å². The van der Waals surface area contributed by atoms with Gasteiger partial charge in [-0.2, -0.15) is 0 Å². The first kappa shape index (κ1) is 19.8. The summed E-state index contributed by atoms with van der Waals surface area (Å²) >= 11 is 12.0. The average Bonchev–Trinajstić information content (AvgIpc) is 2.51. The molecule has 126 valence electrons. The summed E-state index contributed by atoms with van der Waals surface area (Å²) in [6.45, 7) is 11.1. The van der Waals surface area contributed by atoms with Crippen molar-refractivity contribution in [1.82, 2.24) is 10.2 Å². The number of hydrogen-bond acceptors (Lipinski definition) is 2. The number of rotatable bonds is 11. The summed E-state index contributed by atoms with van der Waals surface area (Å²) in [5.74, 6) is 0. The van der Waals surface area contributed by atoms with Crippen molar-refractivity contribution in [2.75, 3.05) is 19.6 Å². The van der Waals surface area contributed by atoms with Gasteiger partial charge < -0.3 is 10.2 Å². The van der Waals surface area contributed by atoms with Crippen LogP contribution in [0.3, 0.4) is 0 Å². The van der Waals surface area contributed by atoms with Crippen molar-refractivity contribution < 1.29 is 0 Å². The van der Waals surface area contributed by atoms with Crippen LogP contribution in [0.1, 0.15) is 52.0 Å². The SMILES string of the molecule is CCCCN(CCCC)CC(C)NCc1ccc(Cl)c(Cl)c1. The van der Waals surface area contributed by atoms with Gasteiger partial charge >= 0.3 is 0 Å². The Morgan fingerprint density at radius 3 is 2.23 bits per heavy atom. The Bertz CT molecular complexity index is 416. The lowest BCUT2D eigenvalue weighted by Gasteiger charge is -2.26. The van der Waals surface area contributed by atoms with Gasteiger partial charge in [0.1, 0.15) is 0 Å². The molecule has 1 rings (SSSR count). The van der Waals surface area contributed by atoms with E-state index in [4.69, 9.17) is 23.2 Å². The Morgan fingerprint density at radius 1 is 1.05 bits per heavy atom.